The van der Waals surface area contributed by atoms with Gasteiger partial charge in [0.2, 0.25) is 0 Å². The summed E-state index contributed by atoms with van der Waals surface area (Å²) in [4.78, 5) is 2.69. The molecule has 2 nitrogen and oxygen atoms in total. The summed E-state index contributed by atoms with van der Waals surface area (Å²) < 4.78 is 5.11. The van der Waals surface area contributed by atoms with Crippen LogP contribution in [0.15, 0.2) is 182 Å². The summed E-state index contributed by atoms with van der Waals surface area (Å²) in [5.74, 6) is 0. The number of hydrogen-bond acceptors (Lipinski definition) is 2. The van der Waals surface area contributed by atoms with Crippen molar-refractivity contribution in [3.8, 4) is 39.1 Å². The summed E-state index contributed by atoms with van der Waals surface area (Å²) in [6, 6.07) is 68.0. The number of para-hydroxylation sites is 1. The van der Waals surface area contributed by atoms with Gasteiger partial charge in [0.25, 0.3) is 0 Å². The highest BCUT2D eigenvalue weighted by molar-refractivity contribution is 7.25. The van der Waals surface area contributed by atoms with Gasteiger partial charge in [0.05, 0.1) is 16.6 Å². The van der Waals surface area contributed by atoms with E-state index in [0.717, 1.165) is 0 Å². The Morgan fingerprint density at radius 1 is 0.424 bits per heavy atom. The Kier molecular flexibility index (Phi) is 7.65. The molecular weight excluding hydrogens is 733 g/mol. The number of fused-ring (bicyclic) bond motifs is 9. The molecule has 2 aromatic heterocycles. The van der Waals surface area contributed by atoms with Crippen molar-refractivity contribution in [2.24, 2.45) is 0 Å². The van der Waals surface area contributed by atoms with Crippen molar-refractivity contribution in [1.29, 1.82) is 0 Å². The Labute approximate surface area is 349 Å². The minimum Gasteiger partial charge on any atom is -0.334 e. The molecule has 12 rings (SSSR count). The largest absolute Gasteiger partial charge is 0.334 e. The zero-order valence-electron chi connectivity index (χ0n) is 33.5. The van der Waals surface area contributed by atoms with Gasteiger partial charge in [0, 0.05) is 53.4 Å². The van der Waals surface area contributed by atoms with E-state index in [-0.39, 0.29) is 11.0 Å². The predicted molar refractivity (Wildman–Crippen MR) is 253 cm³/mol. The summed E-state index contributed by atoms with van der Waals surface area (Å²) >= 11 is 1.88. The van der Waals surface area contributed by atoms with Crippen molar-refractivity contribution in [2.75, 3.05) is 4.90 Å². The Hall–Kier alpha value is -6.42. The van der Waals surface area contributed by atoms with Gasteiger partial charge in [0.15, 0.2) is 0 Å². The fraction of sp³-hybridized carbons (Fsp3) is 0.143. The highest BCUT2D eigenvalue weighted by atomic mass is 32.1. The van der Waals surface area contributed by atoms with Crippen LogP contribution in [0.4, 0.5) is 11.4 Å². The minimum absolute atomic E-state index is 0.00371. The molecule has 0 spiro atoms. The Balaban J connectivity index is 0.881. The van der Waals surface area contributed by atoms with E-state index in [4.69, 9.17) is 0 Å². The molecule has 0 N–H and O–H groups in total. The summed E-state index contributed by atoms with van der Waals surface area (Å²) in [5.41, 5.74) is 15.4. The fourth-order valence-electron chi connectivity index (χ4n) is 10.9. The average molecular weight is 777 g/mol. The summed E-state index contributed by atoms with van der Waals surface area (Å²) in [5, 5.41) is 5.28. The monoisotopic (exact) mass is 776 g/mol. The van der Waals surface area contributed by atoms with Crippen LogP contribution in [0.5, 0.6) is 0 Å². The van der Waals surface area contributed by atoms with Crippen molar-refractivity contribution in [2.45, 2.75) is 50.5 Å². The summed E-state index contributed by atoms with van der Waals surface area (Å²) in [7, 11) is 0. The lowest BCUT2D eigenvalue weighted by Gasteiger charge is -2.50. The second kappa shape index (κ2) is 13.0. The Morgan fingerprint density at radius 3 is 1.75 bits per heavy atom. The molecule has 3 heteroatoms. The molecule has 0 bridgehead atoms. The average Bonchev–Trinajstić information content (AvgIpc) is 3.89. The van der Waals surface area contributed by atoms with Crippen LogP contribution in [0.1, 0.15) is 45.1 Å². The molecule has 3 heterocycles. The normalized spacial score (nSPS) is 18.8. The van der Waals surface area contributed by atoms with Gasteiger partial charge in [0.1, 0.15) is 0 Å². The number of nitrogens with zero attached hydrogens (tertiary/aromatic N) is 2. The topological polar surface area (TPSA) is 8.17 Å². The molecule has 2 aliphatic rings. The first kappa shape index (κ1) is 34.6. The first-order valence-corrected chi connectivity index (χ1v) is 21.9. The molecular formula is C56H44N2S. The van der Waals surface area contributed by atoms with Gasteiger partial charge in [-0.1, -0.05) is 141 Å². The van der Waals surface area contributed by atoms with Crippen molar-refractivity contribution in [3.05, 3.63) is 188 Å². The van der Waals surface area contributed by atoms with Crippen molar-refractivity contribution >= 4 is 64.7 Å². The third-order valence-electron chi connectivity index (χ3n) is 14.2. The smallest absolute Gasteiger partial charge is 0.0555 e. The van der Waals surface area contributed by atoms with Crippen molar-refractivity contribution < 1.29 is 0 Å². The van der Waals surface area contributed by atoms with E-state index in [2.05, 4.69) is 205 Å². The van der Waals surface area contributed by atoms with Gasteiger partial charge in [-0.15, -0.1) is 11.3 Å². The molecule has 1 fully saturated rings. The van der Waals surface area contributed by atoms with Crippen LogP contribution in [-0.4, -0.2) is 10.1 Å². The second-order valence-electron chi connectivity index (χ2n) is 17.2. The van der Waals surface area contributed by atoms with E-state index in [9.17, 15) is 0 Å². The SMILES string of the molecule is CC12CCCCC1(C)N(c1ccc(-c3ccc(-n4c5ccccc5c5cc6c(cc54)sc4ccccc46)cc3)cc1)c1ccc(-c3ccc(-c4ccccc4)cc3)cc12. The highest BCUT2D eigenvalue weighted by Gasteiger charge is 2.57. The maximum atomic E-state index is 2.69. The molecule has 0 radical (unpaired) electrons. The van der Waals surface area contributed by atoms with Crippen LogP contribution in [0, 0.1) is 0 Å². The third kappa shape index (κ3) is 5.17. The van der Waals surface area contributed by atoms with E-state index in [1.807, 2.05) is 11.3 Å². The minimum atomic E-state index is -0.00371. The van der Waals surface area contributed by atoms with Crippen LogP contribution in [0.3, 0.4) is 0 Å². The third-order valence-corrected chi connectivity index (χ3v) is 15.3. The van der Waals surface area contributed by atoms with Gasteiger partial charge in [-0.3, -0.25) is 0 Å². The number of benzene rings is 8. The standard InChI is InChI=1S/C56H44N2S/c1-55-32-10-11-33-56(55,2)58(51-31-26-42(34-49(51)55)41-20-18-38(19-21-41)37-12-4-3-5-13-37)44-29-24-40(25-30-44)39-22-27-43(28-23-39)57-50-16-8-6-14-45(50)47-35-48-46-15-7-9-17-53(46)59-54(48)36-52(47)57/h3-9,12-31,34-36H,10-11,32-33H2,1-2H3. The van der Waals surface area contributed by atoms with Gasteiger partial charge < -0.3 is 9.47 Å². The Bertz CT molecular complexity index is 3230. The second-order valence-corrected chi connectivity index (χ2v) is 18.3. The molecule has 59 heavy (non-hydrogen) atoms. The highest BCUT2D eigenvalue weighted by Crippen LogP contribution is 2.61. The first-order valence-electron chi connectivity index (χ1n) is 21.1. The van der Waals surface area contributed by atoms with E-state index in [1.54, 1.807) is 0 Å². The van der Waals surface area contributed by atoms with E-state index < -0.39 is 0 Å². The van der Waals surface area contributed by atoms with Crippen LogP contribution in [-0.2, 0) is 5.41 Å². The number of rotatable bonds is 5. The van der Waals surface area contributed by atoms with Gasteiger partial charge >= 0.3 is 0 Å². The van der Waals surface area contributed by atoms with E-state index >= 15 is 0 Å². The quantitative estimate of drug-likeness (QED) is 0.169. The molecule has 10 aromatic rings. The van der Waals surface area contributed by atoms with Crippen LogP contribution >= 0.6 is 11.3 Å². The molecule has 0 saturated heterocycles. The zero-order chi connectivity index (χ0) is 39.3. The van der Waals surface area contributed by atoms with E-state index in [1.165, 1.54) is 124 Å². The molecule has 284 valence electrons. The molecule has 1 saturated carbocycles. The predicted octanol–water partition coefficient (Wildman–Crippen LogP) is 15.9. The summed E-state index contributed by atoms with van der Waals surface area (Å²) in [6.45, 7) is 5.05. The zero-order valence-corrected chi connectivity index (χ0v) is 34.3. The maximum absolute atomic E-state index is 2.69. The number of aromatic nitrogens is 1. The molecule has 2 unspecified atom stereocenters. The molecule has 0 amide bonds. The molecule has 8 aromatic carbocycles. The number of thiophene rings is 1. The summed E-state index contributed by atoms with van der Waals surface area (Å²) in [6.07, 6.45) is 4.92. The van der Waals surface area contributed by atoms with Gasteiger partial charge in [-0.25, -0.2) is 0 Å². The van der Waals surface area contributed by atoms with Gasteiger partial charge in [-0.05, 0) is 119 Å². The molecule has 1 aliphatic carbocycles. The van der Waals surface area contributed by atoms with Crippen molar-refractivity contribution in [1.82, 2.24) is 4.57 Å². The van der Waals surface area contributed by atoms with Crippen LogP contribution in [0.2, 0.25) is 0 Å². The molecule has 2 atom stereocenters. The lowest BCUT2D eigenvalue weighted by Crippen LogP contribution is -2.54. The van der Waals surface area contributed by atoms with E-state index in [0.29, 0.717) is 0 Å². The molecule has 1 aliphatic heterocycles. The first-order chi connectivity index (χ1) is 29.0. The lowest BCUT2D eigenvalue weighted by atomic mass is 9.61. The lowest BCUT2D eigenvalue weighted by molar-refractivity contribution is 0.195. The number of anilines is 2. The Morgan fingerprint density at radius 2 is 1.00 bits per heavy atom. The van der Waals surface area contributed by atoms with Crippen LogP contribution < -0.4 is 4.90 Å². The maximum Gasteiger partial charge on any atom is 0.0555 e. The van der Waals surface area contributed by atoms with Crippen molar-refractivity contribution in [3.63, 3.8) is 0 Å². The van der Waals surface area contributed by atoms with Crippen LogP contribution in [0.25, 0.3) is 81.0 Å². The fourth-order valence-corrected chi connectivity index (χ4v) is 12.0. The number of hydrogen-bond donors (Lipinski definition) is 0. The van der Waals surface area contributed by atoms with Gasteiger partial charge in [-0.2, -0.15) is 0 Å².